The molecule has 0 saturated carbocycles. The number of urea groups is 1. The average Bonchev–Trinajstić information content (AvgIpc) is 2.47. The molecule has 2 aromatic carbocycles. The van der Waals surface area contributed by atoms with E-state index in [0.717, 1.165) is 5.56 Å². The number of rotatable bonds is 4. The third-order valence-corrected chi connectivity index (χ3v) is 3.89. The highest BCUT2D eigenvalue weighted by atomic mass is 35.5. The van der Waals surface area contributed by atoms with E-state index in [1.165, 1.54) is 7.11 Å². The minimum absolute atomic E-state index is 0.356. The van der Waals surface area contributed by atoms with Crippen molar-refractivity contribution in [1.29, 1.82) is 0 Å². The van der Waals surface area contributed by atoms with E-state index in [9.17, 15) is 4.79 Å². The van der Waals surface area contributed by atoms with Crippen molar-refractivity contribution >= 4 is 34.9 Å². The van der Waals surface area contributed by atoms with Crippen LogP contribution in [0.25, 0.3) is 0 Å². The minimum Gasteiger partial charge on any atom is -0.495 e. The van der Waals surface area contributed by atoms with Crippen LogP contribution in [0.15, 0.2) is 42.5 Å². The Bertz CT molecular complexity index is 700. The van der Waals surface area contributed by atoms with Crippen LogP contribution in [0.1, 0.15) is 19.4 Å². The van der Waals surface area contributed by atoms with Crippen molar-refractivity contribution in [2.24, 2.45) is 0 Å². The van der Waals surface area contributed by atoms with Gasteiger partial charge in [-0.05, 0) is 49.7 Å². The van der Waals surface area contributed by atoms with E-state index in [0.29, 0.717) is 21.5 Å². The molecule has 0 aliphatic carbocycles. The lowest BCUT2D eigenvalue weighted by molar-refractivity contribution is 0.241. The second kappa shape index (κ2) is 7.11. The van der Waals surface area contributed by atoms with Crippen molar-refractivity contribution in [3.63, 3.8) is 0 Å². The van der Waals surface area contributed by atoms with Gasteiger partial charge < -0.3 is 15.4 Å². The standard InChI is InChI=1S/C17H18Cl2N2O2/c1-17(2,11-4-6-12(18)7-5-11)21-16(22)20-14-10-13(19)8-9-15(14)23-3/h4-10H,1-3H3,(H2,20,21,22). The minimum atomic E-state index is -0.569. The highest BCUT2D eigenvalue weighted by Gasteiger charge is 2.23. The predicted molar refractivity (Wildman–Crippen MR) is 94.6 cm³/mol. The number of amides is 2. The van der Waals surface area contributed by atoms with Gasteiger partial charge in [0.1, 0.15) is 5.75 Å². The van der Waals surface area contributed by atoms with Gasteiger partial charge in [-0.25, -0.2) is 4.79 Å². The summed E-state index contributed by atoms with van der Waals surface area (Å²) < 4.78 is 5.21. The Labute approximate surface area is 145 Å². The molecule has 0 spiro atoms. The number of benzene rings is 2. The lowest BCUT2D eigenvalue weighted by Crippen LogP contribution is -2.43. The normalized spacial score (nSPS) is 11.0. The number of anilines is 1. The van der Waals surface area contributed by atoms with Gasteiger partial charge in [-0.2, -0.15) is 0 Å². The first-order valence-electron chi connectivity index (χ1n) is 7.00. The summed E-state index contributed by atoms with van der Waals surface area (Å²) in [4.78, 5) is 12.3. The number of halogens is 2. The molecule has 0 saturated heterocycles. The summed E-state index contributed by atoms with van der Waals surface area (Å²) in [5.74, 6) is 0.536. The molecule has 6 heteroatoms. The molecule has 2 aromatic rings. The van der Waals surface area contributed by atoms with Crippen LogP contribution in [0, 0.1) is 0 Å². The highest BCUT2D eigenvalue weighted by molar-refractivity contribution is 6.31. The van der Waals surface area contributed by atoms with E-state index in [1.54, 1.807) is 30.3 Å². The molecule has 0 bridgehead atoms. The number of hydrogen-bond acceptors (Lipinski definition) is 2. The van der Waals surface area contributed by atoms with Gasteiger partial charge in [0.15, 0.2) is 0 Å². The number of ether oxygens (including phenoxy) is 1. The van der Waals surface area contributed by atoms with E-state index in [1.807, 2.05) is 26.0 Å². The van der Waals surface area contributed by atoms with Crippen LogP contribution in [0.3, 0.4) is 0 Å². The fourth-order valence-electron chi connectivity index (χ4n) is 2.15. The molecule has 0 heterocycles. The van der Waals surface area contributed by atoms with Crippen molar-refractivity contribution < 1.29 is 9.53 Å². The highest BCUT2D eigenvalue weighted by Crippen LogP contribution is 2.28. The molecule has 0 aliphatic heterocycles. The summed E-state index contributed by atoms with van der Waals surface area (Å²) in [6.07, 6.45) is 0. The molecule has 4 nitrogen and oxygen atoms in total. The van der Waals surface area contributed by atoms with Gasteiger partial charge >= 0.3 is 6.03 Å². The van der Waals surface area contributed by atoms with E-state index < -0.39 is 5.54 Å². The second-order valence-corrected chi connectivity index (χ2v) is 6.43. The maximum Gasteiger partial charge on any atom is 0.320 e. The Morgan fingerprint density at radius 2 is 1.65 bits per heavy atom. The molecule has 0 aliphatic rings. The lowest BCUT2D eigenvalue weighted by atomic mass is 9.94. The predicted octanol–water partition coefficient (Wildman–Crippen LogP) is 5.06. The van der Waals surface area contributed by atoms with Crippen LogP contribution in [0.2, 0.25) is 10.0 Å². The van der Waals surface area contributed by atoms with Gasteiger partial charge in [-0.3, -0.25) is 0 Å². The SMILES string of the molecule is COc1ccc(Cl)cc1NC(=O)NC(C)(C)c1ccc(Cl)cc1. The zero-order valence-corrected chi connectivity index (χ0v) is 14.6. The molecule has 0 radical (unpaired) electrons. The monoisotopic (exact) mass is 352 g/mol. The first-order chi connectivity index (χ1) is 10.8. The van der Waals surface area contributed by atoms with E-state index in [2.05, 4.69) is 10.6 Å². The summed E-state index contributed by atoms with van der Waals surface area (Å²) in [7, 11) is 1.53. The van der Waals surface area contributed by atoms with Crippen molar-refractivity contribution in [2.75, 3.05) is 12.4 Å². The quantitative estimate of drug-likeness (QED) is 0.807. The Hall–Kier alpha value is -1.91. The van der Waals surface area contributed by atoms with Gasteiger partial charge in [-0.15, -0.1) is 0 Å². The molecule has 2 rings (SSSR count). The Morgan fingerprint density at radius 1 is 1.04 bits per heavy atom. The number of carbonyl (C=O) groups excluding carboxylic acids is 1. The zero-order chi connectivity index (χ0) is 17.0. The van der Waals surface area contributed by atoms with Gasteiger partial charge in [0.05, 0.1) is 18.3 Å². The summed E-state index contributed by atoms with van der Waals surface area (Å²) in [5.41, 5.74) is 0.875. The topological polar surface area (TPSA) is 50.4 Å². The van der Waals surface area contributed by atoms with Crippen LogP contribution in [0.5, 0.6) is 5.75 Å². The van der Waals surface area contributed by atoms with Crippen molar-refractivity contribution in [3.8, 4) is 5.75 Å². The summed E-state index contributed by atoms with van der Waals surface area (Å²) >= 11 is 11.9. The van der Waals surface area contributed by atoms with Crippen molar-refractivity contribution in [1.82, 2.24) is 5.32 Å². The summed E-state index contributed by atoms with van der Waals surface area (Å²) in [5, 5.41) is 6.84. The third-order valence-electron chi connectivity index (χ3n) is 3.40. The lowest BCUT2D eigenvalue weighted by Gasteiger charge is -2.27. The fourth-order valence-corrected chi connectivity index (χ4v) is 2.45. The molecular weight excluding hydrogens is 335 g/mol. The van der Waals surface area contributed by atoms with Crippen LogP contribution in [0.4, 0.5) is 10.5 Å². The van der Waals surface area contributed by atoms with Crippen molar-refractivity contribution in [2.45, 2.75) is 19.4 Å². The zero-order valence-electron chi connectivity index (χ0n) is 13.1. The number of carbonyl (C=O) groups is 1. The number of hydrogen-bond donors (Lipinski definition) is 2. The average molecular weight is 353 g/mol. The van der Waals surface area contributed by atoms with Gasteiger partial charge in [-0.1, -0.05) is 35.3 Å². The molecule has 2 N–H and O–H groups in total. The molecular formula is C17H18Cl2N2O2. The summed E-state index contributed by atoms with van der Waals surface area (Å²) in [6.45, 7) is 3.82. The van der Waals surface area contributed by atoms with E-state index in [4.69, 9.17) is 27.9 Å². The molecule has 0 fully saturated rings. The molecule has 2 amide bonds. The van der Waals surface area contributed by atoms with Crippen LogP contribution in [-0.2, 0) is 5.54 Å². The first kappa shape index (κ1) is 17.4. The fraction of sp³-hybridized carbons (Fsp3) is 0.235. The van der Waals surface area contributed by atoms with Gasteiger partial charge in [0, 0.05) is 10.0 Å². The molecule has 122 valence electrons. The van der Waals surface area contributed by atoms with Gasteiger partial charge in [0.2, 0.25) is 0 Å². The van der Waals surface area contributed by atoms with Crippen LogP contribution in [-0.4, -0.2) is 13.1 Å². The Morgan fingerprint density at radius 3 is 2.26 bits per heavy atom. The van der Waals surface area contributed by atoms with E-state index in [-0.39, 0.29) is 6.03 Å². The van der Waals surface area contributed by atoms with Crippen LogP contribution >= 0.6 is 23.2 Å². The third kappa shape index (κ3) is 4.53. The Balaban J connectivity index is 2.12. The molecule has 23 heavy (non-hydrogen) atoms. The molecule has 0 atom stereocenters. The summed E-state index contributed by atoms with van der Waals surface area (Å²) in [6, 6.07) is 12.0. The van der Waals surface area contributed by atoms with Crippen molar-refractivity contribution in [3.05, 3.63) is 58.1 Å². The second-order valence-electron chi connectivity index (χ2n) is 5.56. The maximum atomic E-state index is 12.3. The molecule has 0 unspecified atom stereocenters. The maximum absolute atomic E-state index is 12.3. The van der Waals surface area contributed by atoms with E-state index >= 15 is 0 Å². The molecule has 0 aromatic heterocycles. The number of methoxy groups -OCH3 is 1. The largest absolute Gasteiger partial charge is 0.495 e. The smallest absolute Gasteiger partial charge is 0.320 e. The van der Waals surface area contributed by atoms with Crippen LogP contribution < -0.4 is 15.4 Å². The first-order valence-corrected chi connectivity index (χ1v) is 7.76. The number of nitrogens with one attached hydrogen (secondary N) is 2. The van der Waals surface area contributed by atoms with Gasteiger partial charge in [0.25, 0.3) is 0 Å². The Kier molecular flexibility index (Phi) is 5.39.